The minimum atomic E-state index is -0.494. The van der Waals surface area contributed by atoms with Crippen LogP contribution in [0.1, 0.15) is 30.5 Å². The Kier molecular flexibility index (Phi) is 2.64. The maximum absolute atomic E-state index is 12.1. The van der Waals surface area contributed by atoms with Crippen LogP contribution in [0.4, 0.5) is 5.69 Å². The lowest BCUT2D eigenvalue weighted by atomic mass is 9.94. The van der Waals surface area contributed by atoms with Gasteiger partial charge in [0, 0.05) is 0 Å². The molecule has 0 atom stereocenters. The van der Waals surface area contributed by atoms with E-state index in [1.165, 1.54) is 5.56 Å². The molecule has 1 aliphatic heterocycles. The Bertz CT molecular complexity index is 489. The highest BCUT2D eigenvalue weighted by Crippen LogP contribution is 2.38. The van der Waals surface area contributed by atoms with Crippen LogP contribution in [0.3, 0.4) is 0 Å². The van der Waals surface area contributed by atoms with E-state index in [-0.39, 0.29) is 5.91 Å². The molecule has 0 unspecified atom stereocenters. The second kappa shape index (κ2) is 3.76. The SMILES string of the molecule is Cc1cc(C)c2c(c1C)NC(=O)C(C)(C)CO2. The van der Waals surface area contributed by atoms with Gasteiger partial charge in [0.1, 0.15) is 12.4 Å². The second-order valence-electron chi connectivity index (χ2n) is 5.47. The van der Waals surface area contributed by atoms with Gasteiger partial charge >= 0.3 is 0 Å². The van der Waals surface area contributed by atoms with Crippen molar-refractivity contribution >= 4 is 11.6 Å². The van der Waals surface area contributed by atoms with Crippen molar-refractivity contribution in [3.05, 3.63) is 22.8 Å². The minimum Gasteiger partial charge on any atom is -0.490 e. The van der Waals surface area contributed by atoms with Gasteiger partial charge in [-0.25, -0.2) is 0 Å². The van der Waals surface area contributed by atoms with Crippen LogP contribution >= 0.6 is 0 Å². The highest BCUT2D eigenvalue weighted by molar-refractivity contribution is 5.98. The molecule has 2 rings (SSSR count). The van der Waals surface area contributed by atoms with Crippen LogP contribution in [0.2, 0.25) is 0 Å². The molecule has 1 amide bonds. The molecule has 0 fully saturated rings. The summed E-state index contributed by atoms with van der Waals surface area (Å²) in [4.78, 5) is 12.1. The molecule has 0 spiro atoms. The highest BCUT2D eigenvalue weighted by Gasteiger charge is 2.33. The molecule has 92 valence electrons. The van der Waals surface area contributed by atoms with Crippen molar-refractivity contribution in [1.82, 2.24) is 0 Å². The minimum absolute atomic E-state index is 0.0179. The average molecular weight is 233 g/mol. The second-order valence-corrected chi connectivity index (χ2v) is 5.47. The normalized spacial score (nSPS) is 17.8. The van der Waals surface area contributed by atoms with E-state index in [9.17, 15) is 4.79 Å². The van der Waals surface area contributed by atoms with Crippen molar-refractivity contribution in [2.75, 3.05) is 11.9 Å². The zero-order valence-corrected chi connectivity index (χ0v) is 11.1. The van der Waals surface area contributed by atoms with Gasteiger partial charge in [0.2, 0.25) is 5.91 Å². The predicted octanol–water partition coefficient (Wildman–Crippen LogP) is 2.97. The summed E-state index contributed by atoms with van der Waals surface area (Å²) in [7, 11) is 0. The number of hydrogen-bond acceptors (Lipinski definition) is 2. The monoisotopic (exact) mass is 233 g/mol. The van der Waals surface area contributed by atoms with Gasteiger partial charge in [0.05, 0.1) is 11.1 Å². The van der Waals surface area contributed by atoms with Crippen molar-refractivity contribution in [3.63, 3.8) is 0 Å². The maximum Gasteiger partial charge on any atom is 0.233 e. The fraction of sp³-hybridized carbons (Fsp3) is 0.500. The van der Waals surface area contributed by atoms with E-state index in [1.54, 1.807) is 0 Å². The van der Waals surface area contributed by atoms with E-state index >= 15 is 0 Å². The number of rotatable bonds is 0. The third-order valence-corrected chi connectivity index (χ3v) is 3.42. The Morgan fingerprint density at radius 3 is 2.53 bits per heavy atom. The van der Waals surface area contributed by atoms with E-state index in [0.717, 1.165) is 22.6 Å². The standard InChI is InChI=1S/C14H19NO2/c1-8-6-9(2)12-11(10(8)3)15-13(16)14(4,5)7-17-12/h6H,7H2,1-5H3,(H,15,16). The Morgan fingerprint density at radius 2 is 1.88 bits per heavy atom. The molecule has 3 nitrogen and oxygen atoms in total. The summed E-state index contributed by atoms with van der Waals surface area (Å²) in [6, 6.07) is 2.10. The summed E-state index contributed by atoms with van der Waals surface area (Å²) >= 11 is 0. The van der Waals surface area contributed by atoms with Crippen LogP contribution in [0.15, 0.2) is 6.07 Å². The van der Waals surface area contributed by atoms with E-state index in [1.807, 2.05) is 34.6 Å². The lowest BCUT2D eigenvalue weighted by molar-refractivity contribution is -0.124. The average Bonchev–Trinajstić information content (AvgIpc) is 2.35. The van der Waals surface area contributed by atoms with Crippen LogP contribution in [0, 0.1) is 26.2 Å². The van der Waals surface area contributed by atoms with Crippen molar-refractivity contribution in [2.45, 2.75) is 34.6 Å². The Labute approximate surface area is 102 Å². The molecular formula is C14H19NO2. The number of amides is 1. The van der Waals surface area contributed by atoms with Crippen LogP contribution in [0.25, 0.3) is 0 Å². The summed E-state index contributed by atoms with van der Waals surface area (Å²) in [5, 5.41) is 3.00. The first-order valence-electron chi connectivity index (χ1n) is 5.88. The molecule has 0 aliphatic carbocycles. The molecule has 1 N–H and O–H groups in total. The third kappa shape index (κ3) is 1.90. The summed E-state index contributed by atoms with van der Waals surface area (Å²) < 4.78 is 5.82. The molecule has 0 aromatic heterocycles. The molecule has 3 heteroatoms. The number of carbonyl (C=O) groups excluding carboxylic acids is 1. The fourth-order valence-electron chi connectivity index (χ4n) is 2.00. The van der Waals surface area contributed by atoms with E-state index in [2.05, 4.69) is 11.4 Å². The quantitative estimate of drug-likeness (QED) is 0.748. The Hall–Kier alpha value is -1.51. The van der Waals surface area contributed by atoms with Crippen molar-refractivity contribution in [1.29, 1.82) is 0 Å². The van der Waals surface area contributed by atoms with Gasteiger partial charge in [-0.3, -0.25) is 4.79 Å². The van der Waals surface area contributed by atoms with Crippen LogP contribution in [-0.4, -0.2) is 12.5 Å². The Morgan fingerprint density at radius 1 is 1.24 bits per heavy atom. The van der Waals surface area contributed by atoms with Crippen LogP contribution in [-0.2, 0) is 4.79 Å². The van der Waals surface area contributed by atoms with E-state index in [4.69, 9.17) is 4.74 Å². The van der Waals surface area contributed by atoms with Gasteiger partial charge in [-0.1, -0.05) is 6.07 Å². The first-order valence-corrected chi connectivity index (χ1v) is 5.88. The Balaban J connectivity index is 2.58. The first kappa shape index (κ1) is 12.0. The molecule has 0 saturated heterocycles. The van der Waals surface area contributed by atoms with E-state index < -0.39 is 5.41 Å². The number of ether oxygens (including phenoxy) is 1. The fourth-order valence-corrected chi connectivity index (χ4v) is 2.00. The number of anilines is 1. The summed E-state index contributed by atoms with van der Waals surface area (Å²) in [6.45, 7) is 10.3. The van der Waals surface area contributed by atoms with Crippen molar-refractivity contribution in [3.8, 4) is 5.75 Å². The molecule has 1 aliphatic rings. The highest BCUT2D eigenvalue weighted by atomic mass is 16.5. The summed E-state index contributed by atoms with van der Waals surface area (Å²) in [5.41, 5.74) is 3.66. The number of aryl methyl sites for hydroxylation is 2. The number of carbonyl (C=O) groups is 1. The number of hydrogen-bond donors (Lipinski definition) is 1. The lowest BCUT2D eigenvalue weighted by Gasteiger charge is -2.18. The molecule has 0 saturated carbocycles. The molecule has 1 aromatic carbocycles. The van der Waals surface area contributed by atoms with Crippen molar-refractivity contribution in [2.24, 2.45) is 5.41 Å². The predicted molar refractivity (Wildman–Crippen MR) is 68.6 cm³/mol. The zero-order valence-electron chi connectivity index (χ0n) is 11.1. The lowest BCUT2D eigenvalue weighted by Crippen LogP contribution is -2.33. The van der Waals surface area contributed by atoms with Gasteiger partial charge in [0.15, 0.2) is 0 Å². The molecule has 0 bridgehead atoms. The number of fused-ring (bicyclic) bond motifs is 1. The van der Waals surface area contributed by atoms with Gasteiger partial charge in [0.25, 0.3) is 0 Å². The van der Waals surface area contributed by atoms with Gasteiger partial charge in [-0.15, -0.1) is 0 Å². The third-order valence-electron chi connectivity index (χ3n) is 3.42. The molecule has 17 heavy (non-hydrogen) atoms. The van der Waals surface area contributed by atoms with Crippen LogP contribution in [0.5, 0.6) is 5.75 Å². The zero-order chi connectivity index (χ0) is 12.8. The van der Waals surface area contributed by atoms with Gasteiger partial charge in [-0.2, -0.15) is 0 Å². The van der Waals surface area contributed by atoms with Crippen LogP contribution < -0.4 is 10.1 Å². The molecule has 1 aromatic rings. The maximum atomic E-state index is 12.1. The summed E-state index contributed by atoms with van der Waals surface area (Å²) in [6.07, 6.45) is 0. The molecule has 0 radical (unpaired) electrons. The smallest absolute Gasteiger partial charge is 0.233 e. The largest absolute Gasteiger partial charge is 0.490 e. The first-order chi connectivity index (χ1) is 7.83. The van der Waals surface area contributed by atoms with Crippen molar-refractivity contribution < 1.29 is 9.53 Å². The molecular weight excluding hydrogens is 214 g/mol. The van der Waals surface area contributed by atoms with Gasteiger partial charge < -0.3 is 10.1 Å². The number of benzene rings is 1. The summed E-state index contributed by atoms with van der Waals surface area (Å²) in [5.74, 6) is 0.830. The number of nitrogens with one attached hydrogen (secondary N) is 1. The topological polar surface area (TPSA) is 38.3 Å². The van der Waals surface area contributed by atoms with E-state index in [0.29, 0.717) is 6.61 Å². The molecule has 1 heterocycles. The van der Waals surface area contributed by atoms with Gasteiger partial charge in [-0.05, 0) is 51.3 Å².